The van der Waals surface area contributed by atoms with E-state index < -0.39 is 9.84 Å². The number of rotatable bonds is 5. The van der Waals surface area contributed by atoms with Crippen LogP contribution in [0.1, 0.15) is 13.3 Å². The van der Waals surface area contributed by atoms with E-state index >= 15 is 0 Å². The van der Waals surface area contributed by atoms with Crippen LogP contribution in [0.3, 0.4) is 0 Å². The van der Waals surface area contributed by atoms with Crippen molar-refractivity contribution >= 4 is 48.9 Å². The predicted molar refractivity (Wildman–Crippen MR) is 123 cm³/mol. The maximum atomic E-state index is 12.9. The molecule has 0 bridgehead atoms. The molecule has 1 N–H and O–H groups in total. The highest BCUT2D eigenvalue weighted by Gasteiger charge is 2.30. The molecule has 1 aromatic carbocycles. The number of benzene rings is 1. The van der Waals surface area contributed by atoms with Gasteiger partial charge in [-0.2, -0.15) is 0 Å². The second-order valence-electron chi connectivity index (χ2n) is 7.60. The SMILES string of the molecule is C=C1C=C(Cl)C(N2CCN(C(=O)CCS(=O)(=O)c3cccc4ncsc34)[C@@H](C)C2)=CN1. The minimum absolute atomic E-state index is 0.0490. The summed E-state index contributed by atoms with van der Waals surface area (Å²) < 4.78 is 26.4. The summed E-state index contributed by atoms with van der Waals surface area (Å²) in [5.41, 5.74) is 3.88. The molecule has 1 fully saturated rings. The molecule has 3 heterocycles. The van der Waals surface area contributed by atoms with Crippen LogP contribution in [-0.2, 0) is 14.6 Å². The van der Waals surface area contributed by atoms with Crippen LogP contribution < -0.4 is 5.32 Å². The summed E-state index contributed by atoms with van der Waals surface area (Å²) in [4.78, 5) is 21.1. The number of piperazine rings is 1. The molecule has 1 saturated heterocycles. The summed E-state index contributed by atoms with van der Waals surface area (Å²) in [6.45, 7) is 7.53. The molecule has 164 valence electrons. The Kier molecular flexibility index (Phi) is 6.09. The van der Waals surface area contributed by atoms with E-state index in [1.165, 1.54) is 11.3 Å². The van der Waals surface area contributed by atoms with Gasteiger partial charge in [-0.3, -0.25) is 4.79 Å². The molecule has 4 rings (SSSR count). The first-order valence-electron chi connectivity index (χ1n) is 9.89. The lowest BCUT2D eigenvalue weighted by Gasteiger charge is -2.42. The van der Waals surface area contributed by atoms with Crippen molar-refractivity contribution in [3.8, 4) is 0 Å². The van der Waals surface area contributed by atoms with Crippen molar-refractivity contribution in [1.82, 2.24) is 20.1 Å². The van der Waals surface area contributed by atoms with Crippen molar-refractivity contribution < 1.29 is 13.2 Å². The highest BCUT2D eigenvalue weighted by atomic mass is 35.5. The molecule has 1 atom stereocenters. The van der Waals surface area contributed by atoms with Crippen LogP contribution in [0.5, 0.6) is 0 Å². The molecule has 0 aliphatic carbocycles. The lowest BCUT2D eigenvalue weighted by molar-refractivity contribution is -0.134. The third kappa shape index (κ3) is 4.49. The van der Waals surface area contributed by atoms with Gasteiger partial charge in [0.05, 0.1) is 37.1 Å². The van der Waals surface area contributed by atoms with Gasteiger partial charge in [0.15, 0.2) is 9.84 Å². The summed E-state index contributed by atoms with van der Waals surface area (Å²) in [6.07, 6.45) is 3.54. The quantitative estimate of drug-likeness (QED) is 0.711. The Labute approximate surface area is 190 Å². The average molecular weight is 479 g/mol. The van der Waals surface area contributed by atoms with E-state index in [0.29, 0.717) is 34.9 Å². The van der Waals surface area contributed by atoms with Crippen LogP contribution >= 0.6 is 22.9 Å². The molecule has 0 saturated carbocycles. The number of nitrogens with zero attached hydrogens (tertiary/aromatic N) is 3. The van der Waals surface area contributed by atoms with Crippen LogP contribution in [0.25, 0.3) is 10.2 Å². The zero-order chi connectivity index (χ0) is 22.2. The van der Waals surface area contributed by atoms with Gasteiger partial charge >= 0.3 is 0 Å². The third-order valence-corrected chi connectivity index (χ3v) is 8.53. The normalized spacial score (nSPS) is 19.8. The first kappa shape index (κ1) is 21.9. The summed E-state index contributed by atoms with van der Waals surface area (Å²) in [6, 6.07) is 4.98. The van der Waals surface area contributed by atoms with Crippen molar-refractivity contribution in [2.75, 3.05) is 25.4 Å². The summed E-state index contributed by atoms with van der Waals surface area (Å²) in [5.74, 6) is -0.375. The number of carbonyl (C=O) groups excluding carboxylic acids is 1. The topological polar surface area (TPSA) is 82.6 Å². The molecule has 1 amide bonds. The van der Waals surface area contributed by atoms with Crippen molar-refractivity contribution in [3.05, 3.63) is 59.0 Å². The molecule has 0 spiro atoms. The Bertz CT molecular complexity index is 1200. The van der Waals surface area contributed by atoms with E-state index in [9.17, 15) is 13.2 Å². The van der Waals surface area contributed by atoms with Crippen molar-refractivity contribution in [2.24, 2.45) is 0 Å². The van der Waals surface area contributed by atoms with Crippen LogP contribution in [-0.4, -0.2) is 60.5 Å². The summed E-state index contributed by atoms with van der Waals surface area (Å²) in [5, 5.41) is 3.67. The molecule has 2 aliphatic rings. The fourth-order valence-corrected chi connectivity index (χ4v) is 6.73. The zero-order valence-electron chi connectivity index (χ0n) is 17.0. The van der Waals surface area contributed by atoms with E-state index in [0.717, 1.165) is 11.4 Å². The number of amides is 1. The van der Waals surface area contributed by atoms with E-state index in [-0.39, 0.29) is 29.0 Å². The summed E-state index contributed by atoms with van der Waals surface area (Å²) in [7, 11) is -3.59. The summed E-state index contributed by atoms with van der Waals surface area (Å²) >= 11 is 7.64. The number of hydrogen-bond acceptors (Lipinski definition) is 7. The first-order chi connectivity index (χ1) is 14.8. The van der Waals surface area contributed by atoms with E-state index in [1.807, 2.05) is 13.1 Å². The molecule has 0 radical (unpaired) electrons. The molecule has 1 aromatic heterocycles. The molecule has 7 nitrogen and oxygen atoms in total. The molecule has 0 unspecified atom stereocenters. The van der Waals surface area contributed by atoms with E-state index in [2.05, 4.69) is 21.8 Å². The molecular weight excluding hydrogens is 456 g/mol. The second kappa shape index (κ2) is 8.64. The Hall–Kier alpha value is -2.36. The fraction of sp³-hybridized carbons (Fsp3) is 0.333. The Morgan fingerprint density at radius 3 is 2.94 bits per heavy atom. The molecular formula is C21H23ClN4O3S2. The molecule has 10 heteroatoms. The second-order valence-corrected chi connectivity index (χ2v) is 10.9. The van der Waals surface area contributed by atoms with Crippen molar-refractivity contribution in [2.45, 2.75) is 24.3 Å². The van der Waals surface area contributed by atoms with Gasteiger partial charge in [-0.15, -0.1) is 11.3 Å². The highest BCUT2D eigenvalue weighted by molar-refractivity contribution is 7.91. The van der Waals surface area contributed by atoms with Gasteiger partial charge < -0.3 is 15.1 Å². The standard InChI is InChI=1S/C21H23ClN4O3S2/c1-14-10-16(22)18(11-23-14)25-7-8-26(15(2)12-25)20(27)6-9-31(28,29)19-5-3-4-17-21(19)30-13-24-17/h3-5,10-11,13,15,23H,1,6-9,12H2,2H3/t15-/m0/s1. The number of nitrogens with one attached hydrogen (secondary N) is 1. The third-order valence-electron chi connectivity index (χ3n) is 5.47. The number of fused-ring (bicyclic) bond motifs is 1. The minimum Gasteiger partial charge on any atom is -0.365 e. The number of sulfone groups is 1. The van der Waals surface area contributed by atoms with Crippen molar-refractivity contribution in [1.29, 1.82) is 0 Å². The highest BCUT2D eigenvalue weighted by Crippen LogP contribution is 2.28. The predicted octanol–water partition coefficient (Wildman–Crippen LogP) is 3.07. The number of allylic oxidation sites excluding steroid dienone is 2. The van der Waals surface area contributed by atoms with E-state index in [1.54, 1.807) is 34.7 Å². The maximum absolute atomic E-state index is 12.9. The van der Waals surface area contributed by atoms with Gasteiger partial charge in [0.25, 0.3) is 0 Å². The number of aromatic nitrogens is 1. The van der Waals surface area contributed by atoms with Crippen molar-refractivity contribution in [3.63, 3.8) is 0 Å². The number of dihydropyridines is 1. The smallest absolute Gasteiger partial charge is 0.223 e. The number of carbonyl (C=O) groups is 1. The Morgan fingerprint density at radius 2 is 2.19 bits per heavy atom. The largest absolute Gasteiger partial charge is 0.365 e. The number of hydrogen-bond donors (Lipinski definition) is 1. The Balaban J connectivity index is 1.39. The Morgan fingerprint density at radius 1 is 1.39 bits per heavy atom. The maximum Gasteiger partial charge on any atom is 0.223 e. The molecule has 2 aliphatic heterocycles. The minimum atomic E-state index is -3.59. The fourth-order valence-electron chi connectivity index (χ4n) is 3.87. The van der Waals surface area contributed by atoms with Gasteiger partial charge in [-0.05, 0) is 25.1 Å². The molecule has 31 heavy (non-hydrogen) atoms. The van der Waals surface area contributed by atoms with Crippen LogP contribution in [0.4, 0.5) is 0 Å². The van der Waals surface area contributed by atoms with Gasteiger partial charge in [-0.1, -0.05) is 24.2 Å². The van der Waals surface area contributed by atoms with Crippen LogP contribution in [0, 0.1) is 0 Å². The average Bonchev–Trinajstić information content (AvgIpc) is 3.21. The van der Waals surface area contributed by atoms with Gasteiger partial charge in [0.2, 0.25) is 5.91 Å². The zero-order valence-corrected chi connectivity index (χ0v) is 19.4. The van der Waals surface area contributed by atoms with Crippen LogP contribution in [0.15, 0.2) is 63.9 Å². The van der Waals surface area contributed by atoms with Gasteiger partial charge in [0, 0.05) is 44.0 Å². The lowest BCUT2D eigenvalue weighted by Crippen LogP contribution is -2.54. The van der Waals surface area contributed by atoms with Crippen LogP contribution in [0.2, 0.25) is 0 Å². The lowest BCUT2D eigenvalue weighted by atomic mass is 10.1. The first-order valence-corrected chi connectivity index (χ1v) is 12.8. The van der Waals surface area contributed by atoms with E-state index in [4.69, 9.17) is 11.6 Å². The number of thiazole rings is 1. The van der Waals surface area contributed by atoms with Gasteiger partial charge in [-0.25, -0.2) is 13.4 Å². The number of halogens is 1. The molecule has 2 aromatic rings. The van der Waals surface area contributed by atoms with Gasteiger partial charge in [0.1, 0.15) is 0 Å². The monoisotopic (exact) mass is 478 g/mol.